The zero-order valence-corrected chi connectivity index (χ0v) is 14.9. The first-order valence-electron chi connectivity index (χ1n) is 7.42. The molecule has 0 heterocycles. The Morgan fingerprint density at radius 1 is 1.25 bits per heavy atom. The fourth-order valence-corrected chi connectivity index (χ4v) is 3.18. The van der Waals surface area contributed by atoms with Crippen LogP contribution in [-0.4, -0.2) is 25.6 Å². The summed E-state index contributed by atoms with van der Waals surface area (Å²) in [5.74, 6) is 3.33. The molecule has 0 saturated carbocycles. The quantitative estimate of drug-likeness (QED) is 0.467. The number of aliphatic hydroxyl groups excluding tert-OH is 1. The molecule has 2 aromatic rings. The van der Waals surface area contributed by atoms with Crippen LogP contribution in [0.2, 0.25) is 0 Å². The second-order valence-corrected chi connectivity index (χ2v) is 7.24. The number of alkyl halides is 3. The van der Waals surface area contributed by atoms with E-state index in [0.717, 1.165) is 18.2 Å². The molecule has 5 nitrogen and oxygen atoms in total. The normalized spacial score (nSPS) is 11.3. The maximum absolute atomic E-state index is 13.5. The summed E-state index contributed by atoms with van der Waals surface area (Å²) in [6, 6.07) is 4.76. The Hall–Kier alpha value is -3.08. The van der Waals surface area contributed by atoms with E-state index >= 15 is 0 Å². The summed E-state index contributed by atoms with van der Waals surface area (Å²) in [5, 5.41) is 8.82. The molecular weight excluding hydrogens is 402 g/mol. The Labute approximate surface area is 157 Å². The van der Waals surface area contributed by atoms with Gasteiger partial charge >= 0.3 is 5.51 Å². The van der Waals surface area contributed by atoms with Crippen LogP contribution in [0.4, 0.5) is 23.2 Å². The molecule has 0 aliphatic heterocycles. The van der Waals surface area contributed by atoms with Crippen LogP contribution in [0.1, 0.15) is 11.1 Å². The summed E-state index contributed by atoms with van der Waals surface area (Å²) >= 11 is 0. The van der Waals surface area contributed by atoms with Gasteiger partial charge in [0.15, 0.2) is 5.69 Å². The molecule has 0 bridgehead atoms. The van der Waals surface area contributed by atoms with E-state index in [1.54, 1.807) is 0 Å². The van der Waals surface area contributed by atoms with Crippen LogP contribution in [0.15, 0.2) is 35.2 Å². The first-order valence-corrected chi connectivity index (χ1v) is 8.90. The van der Waals surface area contributed by atoms with Gasteiger partial charge in [-0.1, -0.05) is 11.8 Å². The van der Waals surface area contributed by atoms with Crippen LogP contribution >= 0.6 is 0 Å². The van der Waals surface area contributed by atoms with E-state index in [1.807, 2.05) is 0 Å². The lowest BCUT2D eigenvalue weighted by atomic mass is 10.1. The third-order valence-corrected chi connectivity index (χ3v) is 5.01. The zero-order chi connectivity index (χ0) is 21.1. The first-order chi connectivity index (χ1) is 13.0. The molecule has 0 unspecified atom stereocenters. The topological polar surface area (TPSA) is 68.0 Å². The molecule has 0 aromatic heterocycles. The van der Waals surface area contributed by atoms with Crippen molar-refractivity contribution in [1.82, 2.24) is 0 Å². The molecule has 28 heavy (non-hydrogen) atoms. The summed E-state index contributed by atoms with van der Waals surface area (Å²) in [5.41, 5.74) is -6.19. The molecule has 0 radical (unpaired) electrons. The van der Waals surface area contributed by atoms with E-state index in [-0.39, 0.29) is 22.7 Å². The van der Waals surface area contributed by atoms with Gasteiger partial charge < -0.3 is 9.84 Å². The number of halogens is 4. The van der Waals surface area contributed by atoms with E-state index < -0.39 is 38.2 Å². The summed E-state index contributed by atoms with van der Waals surface area (Å²) in [4.78, 5) is 1.97. The molecule has 0 aliphatic carbocycles. The van der Waals surface area contributed by atoms with Crippen LogP contribution in [-0.2, 0) is 9.84 Å². The second-order valence-electron chi connectivity index (χ2n) is 5.33. The molecule has 2 aromatic carbocycles. The Balaban J connectivity index is 2.64. The van der Waals surface area contributed by atoms with E-state index in [2.05, 4.69) is 16.7 Å². The lowest BCUT2D eigenvalue weighted by Crippen LogP contribution is -2.24. The van der Waals surface area contributed by atoms with Crippen molar-refractivity contribution in [2.24, 2.45) is 0 Å². The number of nitrogens with zero attached hydrogens (tertiary/aromatic N) is 1. The fourth-order valence-electron chi connectivity index (χ4n) is 2.21. The van der Waals surface area contributed by atoms with Gasteiger partial charge in [0.1, 0.15) is 23.9 Å². The van der Waals surface area contributed by atoms with Crippen molar-refractivity contribution in [3.63, 3.8) is 0 Å². The van der Waals surface area contributed by atoms with Crippen molar-refractivity contribution in [3.8, 4) is 23.3 Å². The molecule has 0 saturated heterocycles. The van der Waals surface area contributed by atoms with Crippen LogP contribution in [0.25, 0.3) is 4.85 Å². The molecule has 146 valence electrons. The molecule has 0 aliphatic rings. The van der Waals surface area contributed by atoms with E-state index in [1.165, 1.54) is 13.0 Å². The Morgan fingerprint density at radius 2 is 1.93 bits per heavy atom. The minimum atomic E-state index is -5.71. The maximum Gasteiger partial charge on any atom is 0.501 e. The fraction of sp³-hybridized carbons (Fsp3) is 0.167. The number of benzene rings is 2. The van der Waals surface area contributed by atoms with Crippen molar-refractivity contribution in [2.45, 2.75) is 17.3 Å². The predicted molar refractivity (Wildman–Crippen MR) is 91.1 cm³/mol. The third-order valence-electron chi connectivity index (χ3n) is 3.48. The maximum atomic E-state index is 13.5. The highest BCUT2D eigenvalue weighted by Crippen LogP contribution is 2.37. The average molecular weight is 413 g/mol. The summed E-state index contributed by atoms with van der Waals surface area (Å²) in [7, 11) is -5.71. The van der Waals surface area contributed by atoms with Crippen molar-refractivity contribution >= 4 is 15.5 Å². The van der Waals surface area contributed by atoms with Gasteiger partial charge in [-0.2, -0.15) is 13.2 Å². The van der Waals surface area contributed by atoms with Gasteiger partial charge in [-0.05, 0) is 31.2 Å². The SMILES string of the molecule is [C-]#[N+]c1cc(F)cc(Oc2ccc(S(=O)(=O)C(F)(F)F)c(C#CCO)c2C)c1. The molecule has 0 fully saturated rings. The van der Waals surface area contributed by atoms with Crippen LogP contribution in [0.5, 0.6) is 11.5 Å². The highest BCUT2D eigenvalue weighted by atomic mass is 32.2. The van der Waals surface area contributed by atoms with E-state index in [9.17, 15) is 26.0 Å². The molecular formula is C18H11F4NO4S. The van der Waals surface area contributed by atoms with Crippen LogP contribution in [0, 0.1) is 31.2 Å². The van der Waals surface area contributed by atoms with Gasteiger partial charge in [0.05, 0.1) is 17.0 Å². The Kier molecular flexibility index (Phi) is 5.98. The van der Waals surface area contributed by atoms with Crippen molar-refractivity contribution in [1.29, 1.82) is 0 Å². The van der Waals surface area contributed by atoms with E-state index in [0.29, 0.717) is 6.07 Å². The first kappa shape index (κ1) is 21.2. The average Bonchev–Trinajstić information content (AvgIpc) is 2.60. The van der Waals surface area contributed by atoms with Gasteiger partial charge in [0.25, 0.3) is 9.84 Å². The van der Waals surface area contributed by atoms with Crippen molar-refractivity contribution < 1.29 is 35.8 Å². The molecule has 0 atom stereocenters. The van der Waals surface area contributed by atoms with Gasteiger partial charge in [-0.15, -0.1) is 0 Å². The highest BCUT2D eigenvalue weighted by Gasteiger charge is 2.48. The zero-order valence-electron chi connectivity index (χ0n) is 14.1. The summed E-state index contributed by atoms with van der Waals surface area (Å²) < 4.78 is 81.4. The number of rotatable bonds is 3. The molecule has 2 rings (SSSR count). The van der Waals surface area contributed by atoms with Crippen LogP contribution in [0.3, 0.4) is 0 Å². The number of ether oxygens (including phenoxy) is 1. The Bertz CT molecular complexity index is 1120. The number of aliphatic hydroxyl groups is 1. The van der Waals surface area contributed by atoms with Gasteiger partial charge in [0.2, 0.25) is 0 Å². The largest absolute Gasteiger partial charge is 0.501 e. The lowest BCUT2D eigenvalue weighted by Gasteiger charge is -2.15. The molecule has 10 heteroatoms. The minimum absolute atomic E-state index is 0.0655. The number of sulfone groups is 1. The van der Waals surface area contributed by atoms with Crippen molar-refractivity contribution in [2.75, 3.05) is 6.61 Å². The smallest absolute Gasteiger partial charge is 0.458 e. The summed E-state index contributed by atoms with van der Waals surface area (Å²) in [6.07, 6.45) is 0. The Morgan fingerprint density at radius 3 is 2.50 bits per heavy atom. The number of hydrogen-bond acceptors (Lipinski definition) is 4. The molecule has 0 spiro atoms. The van der Waals surface area contributed by atoms with Gasteiger partial charge in [-0.3, -0.25) is 0 Å². The second kappa shape index (κ2) is 7.89. The number of hydrogen-bond donors (Lipinski definition) is 1. The molecule has 0 amide bonds. The van der Waals surface area contributed by atoms with Crippen LogP contribution < -0.4 is 4.74 Å². The predicted octanol–water partition coefficient (Wildman–Crippen LogP) is 4.11. The van der Waals surface area contributed by atoms with E-state index in [4.69, 9.17) is 16.4 Å². The summed E-state index contributed by atoms with van der Waals surface area (Å²) in [6.45, 7) is 7.46. The third kappa shape index (κ3) is 4.25. The monoisotopic (exact) mass is 413 g/mol. The molecule has 1 N–H and O–H groups in total. The van der Waals surface area contributed by atoms with Gasteiger partial charge in [0, 0.05) is 11.6 Å². The van der Waals surface area contributed by atoms with Gasteiger partial charge in [-0.25, -0.2) is 17.7 Å². The minimum Gasteiger partial charge on any atom is -0.458 e. The standard InChI is InChI=1S/C18H11F4NO4S/c1-11-15(4-3-7-24)17(28(25,26)18(20,21)22)6-5-16(11)27-14-9-12(19)8-13(10-14)23-2/h5-6,8-10,24H,7H2,1H3. The van der Waals surface area contributed by atoms with Crippen molar-refractivity contribution in [3.05, 3.63) is 58.7 Å². The highest BCUT2D eigenvalue weighted by molar-refractivity contribution is 7.92. The lowest BCUT2D eigenvalue weighted by molar-refractivity contribution is -0.0436.